The molecular formula is C28H42Zr. The molecule has 0 spiro atoms. The van der Waals surface area contributed by atoms with Crippen molar-refractivity contribution in [3.63, 3.8) is 0 Å². The number of hydrogen-bond acceptors (Lipinski definition) is 0. The summed E-state index contributed by atoms with van der Waals surface area (Å²) < 4.78 is 4.65. The molecule has 4 rings (SSSR count). The topological polar surface area (TPSA) is 0 Å². The summed E-state index contributed by atoms with van der Waals surface area (Å²) in [4.78, 5) is 0. The van der Waals surface area contributed by atoms with Crippen LogP contribution in [0.3, 0.4) is 0 Å². The van der Waals surface area contributed by atoms with Crippen LogP contribution in [0.2, 0.25) is 7.25 Å². The Bertz CT molecular complexity index is 708. The summed E-state index contributed by atoms with van der Waals surface area (Å²) in [6.07, 6.45) is 25.0. The van der Waals surface area contributed by atoms with Crippen LogP contribution in [0.1, 0.15) is 111 Å². The van der Waals surface area contributed by atoms with E-state index in [1.807, 2.05) is 22.3 Å². The summed E-state index contributed by atoms with van der Waals surface area (Å²) in [6.45, 7) is 7.20. The number of hydrogen-bond donors (Lipinski definition) is 0. The summed E-state index contributed by atoms with van der Waals surface area (Å²) in [5, 5.41) is 0. The molecule has 0 radical (unpaired) electrons. The first-order valence-corrected chi connectivity index (χ1v) is 17.0. The molecule has 0 bridgehead atoms. The molecule has 158 valence electrons. The summed E-state index contributed by atoms with van der Waals surface area (Å²) in [5.74, 6) is 0. The van der Waals surface area contributed by atoms with Crippen molar-refractivity contribution in [3.05, 3.63) is 45.6 Å². The van der Waals surface area contributed by atoms with Gasteiger partial charge in [0.15, 0.2) is 0 Å². The second kappa shape index (κ2) is 10.3. The van der Waals surface area contributed by atoms with E-state index in [-0.39, 0.29) is 0 Å². The van der Waals surface area contributed by atoms with Crippen LogP contribution in [0.5, 0.6) is 0 Å². The Morgan fingerprint density at radius 1 is 0.759 bits per heavy atom. The van der Waals surface area contributed by atoms with Gasteiger partial charge in [-0.25, -0.2) is 0 Å². The van der Waals surface area contributed by atoms with E-state index in [0.29, 0.717) is 0 Å². The van der Waals surface area contributed by atoms with Gasteiger partial charge >= 0.3 is 188 Å². The quantitative estimate of drug-likeness (QED) is 0.332. The zero-order valence-electron chi connectivity index (χ0n) is 19.3. The molecule has 0 nitrogen and oxygen atoms in total. The van der Waals surface area contributed by atoms with Gasteiger partial charge in [-0.15, -0.1) is 0 Å². The fourth-order valence-electron chi connectivity index (χ4n) is 6.48. The van der Waals surface area contributed by atoms with Gasteiger partial charge < -0.3 is 0 Å². The Morgan fingerprint density at radius 3 is 1.62 bits per heavy atom. The normalized spacial score (nSPS) is 26.3. The van der Waals surface area contributed by atoms with Crippen molar-refractivity contribution in [3.8, 4) is 0 Å². The third-order valence-corrected chi connectivity index (χ3v) is 16.4. The molecular weight excluding hydrogens is 428 g/mol. The Balaban J connectivity index is 1.70. The monoisotopic (exact) mass is 468 g/mol. The van der Waals surface area contributed by atoms with Crippen LogP contribution in [-0.2, 0) is 21.3 Å². The Hall–Kier alpha value is -0.287. The first kappa shape index (κ1) is 21.9. The molecule has 0 aromatic heterocycles. The predicted molar refractivity (Wildman–Crippen MR) is 125 cm³/mol. The van der Waals surface area contributed by atoms with E-state index >= 15 is 0 Å². The molecule has 0 heterocycles. The van der Waals surface area contributed by atoms with Gasteiger partial charge in [-0.1, -0.05) is 0 Å². The molecule has 0 aliphatic heterocycles. The minimum atomic E-state index is -1.82. The van der Waals surface area contributed by atoms with Crippen LogP contribution in [0.15, 0.2) is 45.6 Å². The molecule has 0 aromatic carbocycles. The van der Waals surface area contributed by atoms with Gasteiger partial charge in [-0.05, 0) is 0 Å². The van der Waals surface area contributed by atoms with Crippen molar-refractivity contribution in [2.45, 2.75) is 118 Å². The second-order valence-electron chi connectivity index (χ2n) is 9.82. The first-order chi connectivity index (χ1) is 14.3. The van der Waals surface area contributed by atoms with E-state index in [4.69, 9.17) is 0 Å². The van der Waals surface area contributed by atoms with E-state index in [1.54, 1.807) is 11.1 Å². The zero-order chi connectivity index (χ0) is 20.2. The first-order valence-electron chi connectivity index (χ1n) is 12.8. The van der Waals surface area contributed by atoms with Crippen molar-refractivity contribution in [2.24, 2.45) is 0 Å². The molecule has 0 N–H and O–H groups in total. The third kappa shape index (κ3) is 4.51. The van der Waals surface area contributed by atoms with Gasteiger partial charge in [0.1, 0.15) is 0 Å². The summed E-state index contributed by atoms with van der Waals surface area (Å²) in [7, 11) is 0. The van der Waals surface area contributed by atoms with Gasteiger partial charge in [-0.2, -0.15) is 0 Å². The van der Waals surface area contributed by atoms with Gasteiger partial charge in [-0.3, -0.25) is 0 Å². The summed E-state index contributed by atoms with van der Waals surface area (Å²) in [6, 6.07) is 0. The van der Waals surface area contributed by atoms with E-state index in [9.17, 15) is 0 Å². The van der Waals surface area contributed by atoms with E-state index in [2.05, 4.69) is 36.6 Å². The molecule has 0 amide bonds. The number of rotatable bonds is 8. The van der Waals surface area contributed by atoms with Crippen LogP contribution in [0, 0.1) is 0 Å². The van der Waals surface area contributed by atoms with Gasteiger partial charge in [0.2, 0.25) is 0 Å². The fourth-order valence-corrected chi connectivity index (χ4v) is 15.8. The van der Waals surface area contributed by atoms with Crippen LogP contribution < -0.4 is 0 Å². The van der Waals surface area contributed by atoms with Crippen LogP contribution in [0.25, 0.3) is 0 Å². The van der Waals surface area contributed by atoms with Crippen molar-refractivity contribution in [2.75, 3.05) is 0 Å². The maximum absolute atomic E-state index is 2.83. The fraction of sp³-hybridized carbons (Fsp3) is 0.679. The van der Waals surface area contributed by atoms with E-state index < -0.39 is 21.3 Å². The van der Waals surface area contributed by atoms with Crippen LogP contribution in [-0.4, -0.2) is 3.71 Å². The Kier molecular flexibility index (Phi) is 7.83. The van der Waals surface area contributed by atoms with Gasteiger partial charge in [0, 0.05) is 0 Å². The Morgan fingerprint density at radius 2 is 1.21 bits per heavy atom. The number of unbranched alkanes of at least 4 members (excludes halogenated alkanes) is 2. The molecule has 0 saturated carbocycles. The molecule has 0 fully saturated rings. The Labute approximate surface area is 187 Å². The zero-order valence-corrected chi connectivity index (χ0v) is 21.7. The second-order valence-corrected chi connectivity index (χ2v) is 16.5. The minimum absolute atomic E-state index is 0.910. The molecule has 4 aliphatic carbocycles. The maximum atomic E-state index is 2.83. The third-order valence-electron chi connectivity index (χ3n) is 7.91. The molecule has 2 atom stereocenters. The average molecular weight is 470 g/mol. The van der Waals surface area contributed by atoms with Crippen LogP contribution >= 0.6 is 0 Å². The van der Waals surface area contributed by atoms with Crippen molar-refractivity contribution < 1.29 is 21.3 Å². The summed E-state index contributed by atoms with van der Waals surface area (Å²) in [5.41, 5.74) is 11.2. The van der Waals surface area contributed by atoms with Crippen molar-refractivity contribution in [1.29, 1.82) is 0 Å². The molecule has 2 unspecified atom stereocenters. The molecule has 4 aliphatic rings. The van der Waals surface area contributed by atoms with E-state index in [0.717, 1.165) is 7.25 Å². The predicted octanol–water partition coefficient (Wildman–Crippen LogP) is 9.01. The molecule has 29 heavy (non-hydrogen) atoms. The van der Waals surface area contributed by atoms with Crippen LogP contribution in [0.4, 0.5) is 0 Å². The number of allylic oxidation sites excluding steroid dienone is 8. The standard InChI is InChI=1S/2C13H19.C2H4.Zr/c2*1-2-3-6-11-9-12-7-4-5-8-13(12)10-11;1-2;/h2*9-10H,2-8H2,1H3;1H,2H3;. The van der Waals surface area contributed by atoms with Crippen molar-refractivity contribution in [1.82, 2.24) is 0 Å². The summed E-state index contributed by atoms with van der Waals surface area (Å²) >= 11 is -1.82. The molecule has 0 saturated heterocycles. The molecule has 1 heteroatoms. The van der Waals surface area contributed by atoms with E-state index in [1.165, 1.54) is 89.9 Å². The average Bonchev–Trinajstić information content (AvgIpc) is 3.30. The van der Waals surface area contributed by atoms with Crippen molar-refractivity contribution >= 4 is 3.71 Å². The van der Waals surface area contributed by atoms with Gasteiger partial charge in [0.25, 0.3) is 0 Å². The SMILES string of the molecule is C[CH]=[Zr]([CH]1C(CCCC)=CC2=C1CCCC2)[CH]1C(CCCC)=CC2=C1CCCC2. The van der Waals surface area contributed by atoms with Gasteiger partial charge in [0.05, 0.1) is 0 Å². The molecule has 0 aromatic rings.